The molecule has 3 atom stereocenters. The topological polar surface area (TPSA) is 131 Å². The van der Waals surface area contributed by atoms with Crippen molar-refractivity contribution in [3.8, 4) is 0 Å². The quantitative estimate of drug-likeness (QED) is 0.0350. The van der Waals surface area contributed by atoms with E-state index in [2.05, 4.69) is 31.3 Å². The van der Waals surface area contributed by atoms with E-state index in [0.29, 0.717) is 6.42 Å². The molecule has 0 aromatic carbocycles. The molecule has 0 aromatic rings. The highest BCUT2D eigenvalue weighted by Crippen LogP contribution is 2.43. The number of allylic oxidation sites excluding steroid dienone is 3. The van der Waals surface area contributed by atoms with Crippen LogP contribution in [0.3, 0.4) is 0 Å². The van der Waals surface area contributed by atoms with Crippen molar-refractivity contribution in [3.05, 3.63) is 24.3 Å². The third-order valence-corrected chi connectivity index (χ3v) is 8.25. The Morgan fingerprint density at radius 3 is 1.79 bits per heavy atom. The van der Waals surface area contributed by atoms with Crippen molar-refractivity contribution in [2.45, 2.75) is 161 Å². The molecule has 0 saturated heterocycles. The van der Waals surface area contributed by atoms with Gasteiger partial charge in [0.25, 0.3) is 0 Å². The van der Waals surface area contributed by atoms with Gasteiger partial charge in [-0.25, -0.2) is 4.57 Å². The van der Waals surface area contributed by atoms with E-state index in [9.17, 15) is 19.4 Å². The average molecular weight is 617 g/mol. The van der Waals surface area contributed by atoms with Crippen LogP contribution in [0.2, 0.25) is 0 Å². The summed E-state index contributed by atoms with van der Waals surface area (Å²) in [5, 5.41) is 13.4. The van der Waals surface area contributed by atoms with E-state index in [1.807, 2.05) is 6.08 Å². The number of aliphatic hydroxyl groups excluding tert-OH is 1. The number of carbonyl (C=O) groups is 1. The minimum Gasteiger partial charge on any atom is -0.387 e. The van der Waals surface area contributed by atoms with Gasteiger partial charge in [0.15, 0.2) is 0 Å². The molecular weight excluding hydrogens is 551 g/mol. The Balaban J connectivity index is 4.22. The van der Waals surface area contributed by atoms with Crippen LogP contribution >= 0.6 is 7.82 Å². The van der Waals surface area contributed by atoms with Gasteiger partial charge in [-0.2, -0.15) is 0 Å². The van der Waals surface area contributed by atoms with Gasteiger partial charge in [0.1, 0.15) is 0 Å². The SMILES string of the molecule is CCC/C=C/CC/C=C/C(O)C(COP(=O)(O)OCCN)NC(=O)CCCCCCCCCCCCCCCCCC. The molecule has 0 aliphatic carbocycles. The first-order chi connectivity index (χ1) is 20.4. The lowest BCUT2D eigenvalue weighted by Gasteiger charge is -2.23. The molecule has 0 spiro atoms. The molecule has 0 saturated carbocycles. The lowest BCUT2D eigenvalue weighted by atomic mass is 10.0. The second-order valence-corrected chi connectivity index (χ2v) is 12.8. The number of amides is 1. The van der Waals surface area contributed by atoms with Crippen molar-refractivity contribution in [2.24, 2.45) is 5.73 Å². The van der Waals surface area contributed by atoms with E-state index in [0.717, 1.165) is 44.9 Å². The normalized spacial score (nSPS) is 14.9. The second-order valence-electron chi connectivity index (χ2n) is 11.4. The number of carbonyl (C=O) groups excluding carboxylic acids is 1. The molecule has 5 N–H and O–H groups in total. The lowest BCUT2D eigenvalue weighted by molar-refractivity contribution is -0.123. The van der Waals surface area contributed by atoms with Crippen LogP contribution in [0.1, 0.15) is 149 Å². The molecule has 0 heterocycles. The monoisotopic (exact) mass is 616 g/mol. The summed E-state index contributed by atoms with van der Waals surface area (Å²) in [6.45, 7) is 3.98. The van der Waals surface area contributed by atoms with E-state index in [-0.39, 0.29) is 25.7 Å². The van der Waals surface area contributed by atoms with Crippen molar-refractivity contribution < 1.29 is 28.4 Å². The zero-order valence-electron chi connectivity index (χ0n) is 27.0. The summed E-state index contributed by atoms with van der Waals surface area (Å²) in [7, 11) is -4.32. The molecule has 42 heavy (non-hydrogen) atoms. The molecule has 8 nitrogen and oxygen atoms in total. The molecule has 1 amide bonds. The van der Waals surface area contributed by atoms with E-state index < -0.39 is 20.0 Å². The Kier molecular flexibility index (Phi) is 29.3. The van der Waals surface area contributed by atoms with Crippen LogP contribution in [0.5, 0.6) is 0 Å². The van der Waals surface area contributed by atoms with Crippen molar-refractivity contribution in [1.82, 2.24) is 5.32 Å². The molecule has 248 valence electrons. The van der Waals surface area contributed by atoms with Gasteiger partial charge in [-0.3, -0.25) is 13.8 Å². The van der Waals surface area contributed by atoms with E-state index in [4.69, 9.17) is 14.8 Å². The van der Waals surface area contributed by atoms with Crippen LogP contribution in [0.15, 0.2) is 24.3 Å². The molecule has 0 aliphatic rings. The van der Waals surface area contributed by atoms with Crippen molar-refractivity contribution in [1.29, 1.82) is 0 Å². The summed E-state index contributed by atoms with van der Waals surface area (Å²) in [6.07, 6.45) is 31.0. The summed E-state index contributed by atoms with van der Waals surface area (Å²) in [5.41, 5.74) is 5.32. The van der Waals surface area contributed by atoms with Crippen LogP contribution < -0.4 is 11.1 Å². The largest absolute Gasteiger partial charge is 0.472 e. The Hall–Kier alpha value is -1.02. The lowest BCUT2D eigenvalue weighted by Crippen LogP contribution is -2.45. The number of hydrogen-bond donors (Lipinski definition) is 4. The van der Waals surface area contributed by atoms with E-state index >= 15 is 0 Å². The standard InChI is InChI=1S/C33H65N2O6P/c1-3-5-7-9-11-12-13-14-15-16-17-18-19-21-23-25-27-33(37)35-31(30-41-42(38,39)40-29-28-34)32(36)26-24-22-20-10-8-6-4-2/h8,10,24,26,31-32,36H,3-7,9,11-23,25,27-30,34H2,1-2H3,(H,35,37)(H,38,39)/b10-8+,26-24+. The number of unbranched alkanes of at least 4 members (excludes halogenated alkanes) is 17. The maximum atomic E-state index is 12.6. The van der Waals surface area contributed by atoms with E-state index in [1.165, 1.54) is 83.5 Å². The first kappa shape index (κ1) is 41.0. The minimum atomic E-state index is -4.32. The highest BCUT2D eigenvalue weighted by molar-refractivity contribution is 7.47. The van der Waals surface area contributed by atoms with Crippen LogP contribution in [0.25, 0.3) is 0 Å². The van der Waals surface area contributed by atoms with Crippen LogP contribution in [0.4, 0.5) is 0 Å². The number of aliphatic hydroxyl groups is 1. The van der Waals surface area contributed by atoms with Gasteiger partial charge >= 0.3 is 7.82 Å². The van der Waals surface area contributed by atoms with Gasteiger partial charge in [-0.15, -0.1) is 0 Å². The number of phosphoric acid groups is 1. The smallest absolute Gasteiger partial charge is 0.387 e. The first-order valence-corrected chi connectivity index (χ1v) is 18.5. The molecule has 0 fully saturated rings. The van der Waals surface area contributed by atoms with Crippen LogP contribution in [0, 0.1) is 0 Å². The molecule has 0 aromatic heterocycles. The summed E-state index contributed by atoms with van der Waals surface area (Å²) in [4.78, 5) is 22.4. The molecule has 0 aliphatic heterocycles. The summed E-state index contributed by atoms with van der Waals surface area (Å²) < 4.78 is 21.8. The fraction of sp³-hybridized carbons (Fsp3) is 0.848. The van der Waals surface area contributed by atoms with Crippen molar-refractivity contribution in [2.75, 3.05) is 19.8 Å². The summed E-state index contributed by atoms with van der Waals surface area (Å²) >= 11 is 0. The highest BCUT2D eigenvalue weighted by Gasteiger charge is 2.26. The Bertz CT molecular complexity index is 719. The maximum Gasteiger partial charge on any atom is 0.472 e. The third-order valence-electron chi connectivity index (χ3n) is 7.26. The number of rotatable bonds is 31. The van der Waals surface area contributed by atoms with Crippen LogP contribution in [-0.4, -0.2) is 47.8 Å². The summed E-state index contributed by atoms with van der Waals surface area (Å²) in [5.74, 6) is -0.209. The highest BCUT2D eigenvalue weighted by atomic mass is 31.2. The molecule has 0 bridgehead atoms. The van der Waals surface area contributed by atoms with Gasteiger partial charge in [-0.05, 0) is 25.7 Å². The Labute approximate surface area is 257 Å². The predicted molar refractivity (Wildman–Crippen MR) is 175 cm³/mol. The minimum absolute atomic E-state index is 0.0748. The van der Waals surface area contributed by atoms with Gasteiger partial charge in [0.05, 0.1) is 25.4 Å². The fourth-order valence-electron chi connectivity index (χ4n) is 4.68. The maximum absolute atomic E-state index is 12.6. The van der Waals surface area contributed by atoms with Crippen molar-refractivity contribution in [3.63, 3.8) is 0 Å². The fourth-order valence-corrected chi connectivity index (χ4v) is 5.44. The van der Waals surface area contributed by atoms with Gasteiger partial charge < -0.3 is 21.1 Å². The Morgan fingerprint density at radius 2 is 1.26 bits per heavy atom. The van der Waals surface area contributed by atoms with Gasteiger partial charge in [-0.1, -0.05) is 141 Å². The molecule has 9 heteroatoms. The predicted octanol–water partition coefficient (Wildman–Crippen LogP) is 8.27. The zero-order chi connectivity index (χ0) is 31.2. The number of nitrogens with one attached hydrogen (secondary N) is 1. The Morgan fingerprint density at radius 1 is 0.762 bits per heavy atom. The van der Waals surface area contributed by atoms with Gasteiger partial charge in [0, 0.05) is 13.0 Å². The number of hydrogen-bond acceptors (Lipinski definition) is 6. The molecular formula is C33H65N2O6P. The molecule has 3 unspecified atom stereocenters. The van der Waals surface area contributed by atoms with Crippen LogP contribution in [-0.2, 0) is 18.4 Å². The van der Waals surface area contributed by atoms with E-state index in [1.54, 1.807) is 6.08 Å². The summed E-state index contributed by atoms with van der Waals surface area (Å²) in [6, 6.07) is -0.868. The number of phosphoric ester groups is 1. The van der Waals surface area contributed by atoms with Gasteiger partial charge in [0.2, 0.25) is 5.91 Å². The zero-order valence-corrected chi connectivity index (χ0v) is 27.9. The first-order valence-electron chi connectivity index (χ1n) is 17.0. The number of nitrogens with two attached hydrogens (primary N) is 1. The average Bonchev–Trinajstić information content (AvgIpc) is 2.97. The molecule has 0 radical (unpaired) electrons. The third kappa shape index (κ3) is 27.8. The second kappa shape index (κ2) is 30.0. The van der Waals surface area contributed by atoms with Crippen molar-refractivity contribution >= 4 is 13.7 Å². The molecule has 0 rings (SSSR count).